The van der Waals surface area contributed by atoms with Crippen LogP contribution < -0.4 is 0 Å². The van der Waals surface area contributed by atoms with Crippen LogP contribution in [0.25, 0.3) is 0 Å². The van der Waals surface area contributed by atoms with Gasteiger partial charge in [0.15, 0.2) is 5.69 Å². The van der Waals surface area contributed by atoms with E-state index in [1.54, 1.807) is 7.05 Å². The Morgan fingerprint density at radius 3 is 3.00 bits per heavy atom. The molecule has 1 aliphatic heterocycles. The van der Waals surface area contributed by atoms with Gasteiger partial charge < -0.3 is 14.7 Å². The first-order valence-corrected chi connectivity index (χ1v) is 5.54. The van der Waals surface area contributed by atoms with Crippen molar-refractivity contribution >= 4 is 11.9 Å². The van der Waals surface area contributed by atoms with Gasteiger partial charge in [-0.2, -0.15) is 9.90 Å². The highest BCUT2D eigenvalue weighted by Crippen LogP contribution is 2.13. The lowest BCUT2D eigenvalue weighted by molar-refractivity contribution is -0.139. The summed E-state index contributed by atoms with van der Waals surface area (Å²) in [7, 11) is 1.62. The van der Waals surface area contributed by atoms with Crippen LogP contribution in [-0.4, -0.2) is 62.7 Å². The Morgan fingerprint density at radius 2 is 2.39 bits per heavy atom. The van der Waals surface area contributed by atoms with Gasteiger partial charge in [0.25, 0.3) is 5.91 Å². The van der Waals surface area contributed by atoms with Crippen molar-refractivity contribution in [2.75, 3.05) is 19.8 Å². The van der Waals surface area contributed by atoms with Crippen molar-refractivity contribution in [1.29, 1.82) is 0 Å². The van der Waals surface area contributed by atoms with Crippen molar-refractivity contribution in [2.45, 2.75) is 12.5 Å². The molecular weight excluding hydrogens is 240 g/mol. The van der Waals surface area contributed by atoms with Crippen LogP contribution in [0.4, 0.5) is 0 Å². The maximum Gasteiger partial charge on any atom is 0.305 e. The average Bonchev–Trinajstić information content (AvgIpc) is 2.75. The Bertz CT molecular complexity index is 458. The highest BCUT2D eigenvalue weighted by molar-refractivity contribution is 5.92. The number of rotatable bonds is 3. The first-order chi connectivity index (χ1) is 8.58. The molecule has 1 aromatic heterocycles. The fraction of sp³-hybridized carbons (Fsp3) is 0.600. The second-order valence-electron chi connectivity index (χ2n) is 4.04. The van der Waals surface area contributed by atoms with Crippen molar-refractivity contribution in [2.24, 2.45) is 7.05 Å². The van der Waals surface area contributed by atoms with Gasteiger partial charge in [-0.25, -0.2) is 0 Å². The predicted octanol–water partition coefficient (Wildman–Crippen LogP) is -0.869. The summed E-state index contributed by atoms with van der Waals surface area (Å²) in [5, 5.41) is 16.6. The van der Waals surface area contributed by atoms with Crippen LogP contribution in [-0.2, 0) is 16.6 Å². The first kappa shape index (κ1) is 12.5. The SMILES string of the molecule is Cn1ncc(C(=O)N2CCOCC2CC(=O)O)n1. The lowest BCUT2D eigenvalue weighted by Crippen LogP contribution is -2.49. The molecule has 8 heteroatoms. The number of carboxylic acid groups (broad SMARTS) is 1. The molecule has 1 saturated heterocycles. The molecule has 2 rings (SSSR count). The van der Waals surface area contributed by atoms with Gasteiger partial charge in [0.1, 0.15) is 0 Å². The number of hydrogen-bond donors (Lipinski definition) is 1. The summed E-state index contributed by atoms with van der Waals surface area (Å²) in [6, 6.07) is -0.453. The zero-order valence-electron chi connectivity index (χ0n) is 9.94. The molecular formula is C10H14N4O4. The topological polar surface area (TPSA) is 97.6 Å². The highest BCUT2D eigenvalue weighted by Gasteiger charge is 2.30. The summed E-state index contributed by atoms with van der Waals surface area (Å²) in [5.74, 6) is -1.26. The third kappa shape index (κ3) is 2.65. The number of ether oxygens (including phenoxy) is 1. The van der Waals surface area contributed by atoms with E-state index in [2.05, 4.69) is 10.2 Å². The molecule has 1 aliphatic rings. The zero-order valence-corrected chi connectivity index (χ0v) is 9.94. The molecule has 0 spiro atoms. The molecule has 0 saturated carbocycles. The van der Waals surface area contributed by atoms with Gasteiger partial charge in [-0.15, -0.1) is 5.10 Å². The molecule has 98 valence electrons. The van der Waals surface area contributed by atoms with Gasteiger partial charge in [0, 0.05) is 13.6 Å². The average molecular weight is 254 g/mol. The molecule has 2 heterocycles. The third-order valence-electron chi connectivity index (χ3n) is 2.72. The van der Waals surface area contributed by atoms with Gasteiger partial charge in [0.05, 0.1) is 31.9 Å². The van der Waals surface area contributed by atoms with Gasteiger partial charge in [-0.3, -0.25) is 9.59 Å². The lowest BCUT2D eigenvalue weighted by Gasteiger charge is -2.34. The van der Waals surface area contributed by atoms with Crippen molar-refractivity contribution in [3.05, 3.63) is 11.9 Å². The molecule has 1 aromatic rings. The van der Waals surface area contributed by atoms with Gasteiger partial charge in [0.2, 0.25) is 0 Å². The number of carboxylic acids is 1. The number of hydrogen-bond acceptors (Lipinski definition) is 5. The highest BCUT2D eigenvalue weighted by atomic mass is 16.5. The zero-order chi connectivity index (χ0) is 13.1. The van der Waals surface area contributed by atoms with Crippen LogP contribution in [0.3, 0.4) is 0 Å². The number of nitrogens with zero attached hydrogens (tertiary/aromatic N) is 4. The van der Waals surface area contributed by atoms with Crippen LogP contribution in [0, 0.1) is 0 Å². The van der Waals surface area contributed by atoms with Crippen LogP contribution >= 0.6 is 0 Å². The van der Waals surface area contributed by atoms with E-state index in [1.807, 2.05) is 0 Å². The Kier molecular flexibility index (Phi) is 3.56. The fourth-order valence-corrected chi connectivity index (χ4v) is 1.88. The van der Waals surface area contributed by atoms with Crippen molar-refractivity contribution in [3.63, 3.8) is 0 Å². The Hall–Kier alpha value is -1.96. The number of aliphatic carboxylic acids is 1. The molecule has 1 atom stereocenters. The summed E-state index contributed by atoms with van der Waals surface area (Å²) in [6.45, 7) is 1.01. The maximum absolute atomic E-state index is 12.2. The third-order valence-corrected chi connectivity index (χ3v) is 2.72. The quantitative estimate of drug-likeness (QED) is 0.753. The summed E-state index contributed by atoms with van der Waals surface area (Å²) < 4.78 is 5.21. The normalized spacial score (nSPS) is 19.8. The number of aromatic nitrogens is 3. The van der Waals surface area contributed by atoms with Gasteiger partial charge in [-0.1, -0.05) is 0 Å². The van der Waals surface area contributed by atoms with E-state index >= 15 is 0 Å². The van der Waals surface area contributed by atoms with Crippen LogP contribution in [0.1, 0.15) is 16.9 Å². The maximum atomic E-state index is 12.2. The minimum atomic E-state index is -0.956. The standard InChI is InChI=1S/C10H14N4O4/c1-13-11-5-8(12-13)10(17)14-2-3-18-6-7(14)4-9(15)16/h5,7H,2-4,6H2,1H3,(H,15,16). The van der Waals surface area contributed by atoms with Crippen LogP contribution in [0.15, 0.2) is 6.20 Å². The molecule has 0 aromatic carbocycles. The van der Waals surface area contributed by atoms with E-state index in [4.69, 9.17) is 9.84 Å². The molecule has 0 aliphatic carbocycles. The molecule has 18 heavy (non-hydrogen) atoms. The van der Waals surface area contributed by atoms with Crippen molar-refractivity contribution < 1.29 is 19.4 Å². The van der Waals surface area contributed by atoms with E-state index in [9.17, 15) is 9.59 Å². The molecule has 1 fully saturated rings. The number of amides is 1. The first-order valence-electron chi connectivity index (χ1n) is 5.54. The molecule has 0 radical (unpaired) electrons. The minimum absolute atomic E-state index is 0.133. The monoisotopic (exact) mass is 254 g/mol. The second-order valence-corrected chi connectivity index (χ2v) is 4.04. The van der Waals surface area contributed by atoms with E-state index in [1.165, 1.54) is 15.9 Å². The Balaban J connectivity index is 2.13. The van der Waals surface area contributed by atoms with Gasteiger partial charge >= 0.3 is 5.97 Å². The summed E-state index contributed by atoms with van der Waals surface area (Å²) in [5.41, 5.74) is 0.217. The number of carbonyl (C=O) groups is 2. The van der Waals surface area contributed by atoms with Crippen LogP contribution in [0.5, 0.6) is 0 Å². The Morgan fingerprint density at radius 1 is 1.61 bits per heavy atom. The fourth-order valence-electron chi connectivity index (χ4n) is 1.88. The Labute approximate surface area is 103 Å². The largest absolute Gasteiger partial charge is 0.481 e. The summed E-state index contributed by atoms with van der Waals surface area (Å²) in [6.07, 6.45) is 1.24. The molecule has 1 amide bonds. The minimum Gasteiger partial charge on any atom is -0.481 e. The van der Waals surface area contributed by atoms with E-state index in [0.29, 0.717) is 13.2 Å². The number of carbonyl (C=O) groups excluding carboxylic acids is 1. The molecule has 1 N–H and O–H groups in total. The molecule has 8 nitrogen and oxygen atoms in total. The molecule has 1 unspecified atom stereocenters. The van der Waals surface area contributed by atoms with E-state index < -0.39 is 12.0 Å². The second kappa shape index (κ2) is 5.13. The van der Waals surface area contributed by atoms with Crippen LogP contribution in [0.2, 0.25) is 0 Å². The lowest BCUT2D eigenvalue weighted by atomic mass is 10.1. The number of morpholine rings is 1. The van der Waals surface area contributed by atoms with E-state index in [0.717, 1.165) is 0 Å². The summed E-state index contributed by atoms with van der Waals surface area (Å²) >= 11 is 0. The van der Waals surface area contributed by atoms with Crippen molar-refractivity contribution in [3.8, 4) is 0 Å². The van der Waals surface area contributed by atoms with Crippen molar-refractivity contribution in [1.82, 2.24) is 19.9 Å². The smallest absolute Gasteiger partial charge is 0.305 e. The van der Waals surface area contributed by atoms with E-state index in [-0.39, 0.29) is 24.6 Å². The summed E-state index contributed by atoms with van der Waals surface area (Å²) in [4.78, 5) is 25.7. The molecule has 0 bridgehead atoms. The van der Waals surface area contributed by atoms with Gasteiger partial charge in [-0.05, 0) is 0 Å². The number of aryl methyl sites for hydroxylation is 1. The predicted molar refractivity (Wildman–Crippen MR) is 58.9 cm³/mol.